The van der Waals surface area contributed by atoms with Gasteiger partial charge >= 0.3 is 0 Å². The van der Waals surface area contributed by atoms with E-state index in [9.17, 15) is 13.2 Å². The number of carbonyl (C=O) groups excluding carboxylic acids is 1. The average molecular weight is 330 g/mol. The second-order valence-electron chi connectivity index (χ2n) is 5.91. The number of carbonyl (C=O) groups is 1. The Bertz CT molecular complexity index is 642. The topological polar surface area (TPSA) is 63.2 Å². The Labute approximate surface area is 130 Å². The van der Waals surface area contributed by atoms with Crippen LogP contribution in [0.25, 0.3) is 0 Å². The maximum Gasteiger partial charge on any atom is 0.261 e. The summed E-state index contributed by atoms with van der Waals surface area (Å²) in [5, 5.41) is 2.99. The molecular weight excluding hydrogens is 310 g/mol. The number of halogens is 1. The molecule has 1 aromatic rings. The number of rotatable bonds is 3. The van der Waals surface area contributed by atoms with Gasteiger partial charge in [-0.25, -0.2) is 8.42 Å². The highest BCUT2D eigenvalue weighted by Crippen LogP contribution is 2.24. The van der Waals surface area contributed by atoms with Crippen LogP contribution in [-0.2, 0) is 9.05 Å². The Morgan fingerprint density at radius 1 is 1.29 bits per heavy atom. The first-order valence-corrected chi connectivity index (χ1v) is 9.44. The number of benzene rings is 1. The summed E-state index contributed by atoms with van der Waals surface area (Å²) in [6.07, 6.45) is 4.26. The van der Waals surface area contributed by atoms with Gasteiger partial charge in [0.05, 0.1) is 4.90 Å². The Hall–Kier alpha value is -1.07. The maximum atomic E-state index is 12.3. The molecule has 2 unspecified atom stereocenters. The first-order valence-electron chi connectivity index (χ1n) is 7.13. The molecule has 2 rings (SSSR count). The number of hydrogen-bond donors (Lipinski definition) is 1. The van der Waals surface area contributed by atoms with Crippen molar-refractivity contribution in [3.63, 3.8) is 0 Å². The molecule has 1 aliphatic rings. The Morgan fingerprint density at radius 2 is 2.00 bits per heavy atom. The van der Waals surface area contributed by atoms with Crippen LogP contribution in [0.3, 0.4) is 0 Å². The van der Waals surface area contributed by atoms with E-state index in [4.69, 9.17) is 10.7 Å². The maximum absolute atomic E-state index is 12.3. The van der Waals surface area contributed by atoms with Crippen LogP contribution in [0.5, 0.6) is 0 Å². The van der Waals surface area contributed by atoms with Crippen LogP contribution in [0.2, 0.25) is 0 Å². The zero-order valence-electron chi connectivity index (χ0n) is 12.2. The van der Waals surface area contributed by atoms with Gasteiger partial charge in [0, 0.05) is 22.3 Å². The highest BCUT2D eigenvalue weighted by atomic mass is 35.7. The van der Waals surface area contributed by atoms with Gasteiger partial charge in [0.15, 0.2) is 0 Å². The molecule has 0 heterocycles. The molecule has 2 atom stereocenters. The molecule has 1 aliphatic carbocycles. The van der Waals surface area contributed by atoms with Crippen molar-refractivity contribution in [2.24, 2.45) is 5.92 Å². The minimum atomic E-state index is -3.83. The predicted octanol–water partition coefficient (Wildman–Crippen LogP) is 3.23. The van der Waals surface area contributed by atoms with E-state index in [0.29, 0.717) is 17.0 Å². The van der Waals surface area contributed by atoms with E-state index < -0.39 is 9.05 Å². The predicted molar refractivity (Wildman–Crippen MR) is 83.1 cm³/mol. The Morgan fingerprint density at radius 3 is 2.62 bits per heavy atom. The summed E-state index contributed by atoms with van der Waals surface area (Å²) in [6.45, 7) is 3.92. The second-order valence-corrected chi connectivity index (χ2v) is 8.48. The van der Waals surface area contributed by atoms with Crippen molar-refractivity contribution >= 4 is 25.6 Å². The Balaban J connectivity index is 2.17. The molecule has 0 bridgehead atoms. The van der Waals surface area contributed by atoms with Crippen LogP contribution >= 0.6 is 10.7 Å². The molecule has 21 heavy (non-hydrogen) atoms. The number of hydrogen-bond acceptors (Lipinski definition) is 3. The van der Waals surface area contributed by atoms with E-state index in [1.54, 1.807) is 13.0 Å². The summed E-state index contributed by atoms with van der Waals surface area (Å²) in [4.78, 5) is 12.3. The van der Waals surface area contributed by atoms with Crippen molar-refractivity contribution in [1.29, 1.82) is 0 Å². The minimum absolute atomic E-state index is 0.0358. The zero-order chi connectivity index (χ0) is 15.6. The molecular formula is C15H20ClNO3S. The molecule has 116 valence electrons. The summed E-state index contributed by atoms with van der Waals surface area (Å²) >= 11 is 0. The summed E-state index contributed by atoms with van der Waals surface area (Å²) in [5.41, 5.74) is 1.03. The molecule has 6 heteroatoms. The first kappa shape index (κ1) is 16.3. The van der Waals surface area contributed by atoms with Gasteiger partial charge in [-0.1, -0.05) is 19.8 Å². The number of nitrogens with one attached hydrogen (secondary N) is 1. The molecule has 4 nitrogen and oxygen atoms in total. The Kier molecular flexibility index (Phi) is 4.94. The van der Waals surface area contributed by atoms with Gasteiger partial charge in [0.25, 0.3) is 15.0 Å². The number of aryl methyl sites for hydroxylation is 1. The third-order valence-corrected chi connectivity index (χ3v) is 5.20. The fraction of sp³-hybridized carbons (Fsp3) is 0.533. The molecule has 1 N–H and O–H groups in total. The standard InChI is InChI=1S/C15H20ClNO3S/c1-10-4-3-5-13(7-10)17-15(18)12-6-11(2)8-14(9-12)21(16,19)20/h6,8-10,13H,3-5,7H2,1-2H3,(H,17,18). The molecule has 0 spiro atoms. The van der Waals surface area contributed by atoms with Crippen molar-refractivity contribution in [3.05, 3.63) is 29.3 Å². The van der Waals surface area contributed by atoms with E-state index in [-0.39, 0.29) is 16.8 Å². The zero-order valence-corrected chi connectivity index (χ0v) is 13.8. The number of amides is 1. The van der Waals surface area contributed by atoms with Gasteiger partial charge in [-0.3, -0.25) is 4.79 Å². The quantitative estimate of drug-likeness (QED) is 0.866. The van der Waals surface area contributed by atoms with Gasteiger partial charge < -0.3 is 5.32 Å². The van der Waals surface area contributed by atoms with E-state index in [1.165, 1.54) is 18.6 Å². The molecule has 0 aromatic heterocycles. The smallest absolute Gasteiger partial charge is 0.261 e. The lowest BCUT2D eigenvalue weighted by molar-refractivity contribution is 0.0921. The fourth-order valence-electron chi connectivity index (χ4n) is 2.85. The highest BCUT2D eigenvalue weighted by molar-refractivity contribution is 8.13. The van der Waals surface area contributed by atoms with Crippen molar-refractivity contribution < 1.29 is 13.2 Å². The largest absolute Gasteiger partial charge is 0.349 e. The van der Waals surface area contributed by atoms with Crippen molar-refractivity contribution in [2.45, 2.75) is 50.5 Å². The molecule has 0 saturated heterocycles. The van der Waals surface area contributed by atoms with Crippen LogP contribution in [0.1, 0.15) is 48.5 Å². The summed E-state index contributed by atoms with van der Waals surface area (Å²) in [7, 11) is 1.53. The van der Waals surface area contributed by atoms with Gasteiger partial charge in [-0.15, -0.1) is 0 Å². The molecule has 0 radical (unpaired) electrons. The van der Waals surface area contributed by atoms with Crippen LogP contribution in [0, 0.1) is 12.8 Å². The first-order chi connectivity index (χ1) is 9.75. The molecule has 1 aromatic carbocycles. The van der Waals surface area contributed by atoms with Gasteiger partial charge in [-0.2, -0.15) is 0 Å². The lowest BCUT2D eigenvalue weighted by Gasteiger charge is -2.27. The molecule has 0 aliphatic heterocycles. The van der Waals surface area contributed by atoms with Crippen molar-refractivity contribution in [2.75, 3.05) is 0 Å². The SMILES string of the molecule is Cc1cc(C(=O)NC2CCCC(C)C2)cc(S(=O)(=O)Cl)c1. The van der Waals surface area contributed by atoms with Crippen LogP contribution < -0.4 is 5.32 Å². The minimum Gasteiger partial charge on any atom is -0.349 e. The van der Waals surface area contributed by atoms with Crippen molar-refractivity contribution in [3.8, 4) is 0 Å². The van der Waals surface area contributed by atoms with Crippen LogP contribution in [-0.4, -0.2) is 20.4 Å². The van der Waals surface area contributed by atoms with Gasteiger partial charge in [0.2, 0.25) is 0 Å². The van der Waals surface area contributed by atoms with Crippen LogP contribution in [0.15, 0.2) is 23.1 Å². The average Bonchev–Trinajstić information content (AvgIpc) is 2.37. The monoisotopic (exact) mass is 329 g/mol. The van der Waals surface area contributed by atoms with Gasteiger partial charge in [0.1, 0.15) is 0 Å². The van der Waals surface area contributed by atoms with E-state index >= 15 is 0 Å². The van der Waals surface area contributed by atoms with E-state index in [2.05, 4.69) is 12.2 Å². The lowest BCUT2D eigenvalue weighted by atomic mass is 9.87. The summed E-state index contributed by atoms with van der Waals surface area (Å²) in [6, 6.07) is 4.63. The van der Waals surface area contributed by atoms with E-state index in [1.807, 2.05) is 0 Å². The molecule has 1 saturated carbocycles. The summed E-state index contributed by atoms with van der Waals surface area (Å²) < 4.78 is 22.9. The van der Waals surface area contributed by atoms with Crippen LogP contribution in [0.4, 0.5) is 0 Å². The normalized spacial score (nSPS) is 22.8. The van der Waals surface area contributed by atoms with Gasteiger partial charge in [-0.05, 0) is 49.4 Å². The second kappa shape index (κ2) is 6.36. The third kappa shape index (κ3) is 4.45. The lowest BCUT2D eigenvalue weighted by Crippen LogP contribution is -2.38. The molecule has 1 fully saturated rings. The fourth-order valence-corrected chi connectivity index (χ4v) is 3.72. The third-order valence-electron chi connectivity index (χ3n) is 3.87. The summed E-state index contributed by atoms with van der Waals surface area (Å²) in [5.74, 6) is 0.375. The highest BCUT2D eigenvalue weighted by Gasteiger charge is 2.22. The van der Waals surface area contributed by atoms with E-state index in [0.717, 1.165) is 19.3 Å². The molecule has 1 amide bonds. The van der Waals surface area contributed by atoms with Crippen molar-refractivity contribution in [1.82, 2.24) is 5.32 Å².